The van der Waals surface area contributed by atoms with E-state index in [0.717, 1.165) is 18.9 Å². The van der Waals surface area contributed by atoms with Crippen LogP contribution in [-0.2, 0) is 6.42 Å². The molecule has 4 nitrogen and oxygen atoms in total. The van der Waals surface area contributed by atoms with E-state index in [9.17, 15) is 0 Å². The fourth-order valence-corrected chi connectivity index (χ4v) is 3.62. The van der Waals surface area contributed by atoms with Gasteiger partial charge < -0.3 is 15.6 Å². The smallest absolute Gasteiger partial charge is 0.191 e. The van der Waals surface area contributed by atoms with Crippen LogP contribution in [0.4, 0.5) is 0 Å². The first-order chi connectivity index (χ1) is 12.7. The fourth-order valence-electron chi connectivity index (χ4n) is 3.62. The second-order valence-corrected chi connectivity index (χ2v) is 7.12. The molecule has 0 bridgehead atoms. The van der Waals surface area contributed by atoms with Gasteiger partial charge in [0.25, 0.3) is 0 Å². The molecule has 0 spiro atoms. The molecule has 0 saturated heterocycles. The summed E-state index contributed by atoms with van der Waals surface area (Å²) in [7, 11) is 1.84. The van der Waals surface area contributed by atoms with Crippen molar-refractivity contribution in [2.45, 2.75) is 31.7 Å². The van der Waals surface area contributed by atoms with E-state index in [1.54, 1.807) is 0 Å². The maximum atomic E-state index is 4.38. The van der Waals surface area contributed by atoms with Gasteiger partial charge in [-0.2, -0.15) is 0 Å². The summed E-state index contributed by atoms with van der Waals surface area (Å²) in [6.45, 7) is 2.99. The highest BCUT2D eigenvalue weighted by Gasteiger charge is 2.38. The summed E-state index contributed by atoms with van der Waals surface area (Å²) in [6.07, 6.45) is 4.26. The number of hydrogen-bond acceptors (Lipinski definition) is 1. The molecule has 0 radical (unpaired) electrons. The van der Waals surface area contributed by atoms with E-state index in [0.29, 0.717) is 12.0 Å². The second-order valence-electron chi connectivity index (χ2n) is 7.12. The number of rotatable bonds is 5. The third-order valence-corrected chi connectivity index (χ3v) is 5.17. The molecule has 3 aromatic rings. The zero-order valence-electron chi connectivity index (χ0n) is 15.8. The van der Waals surface area contributed by atoms with Gasteiger partial charge in [-0.3, -0.25) is 4.99 Å². The minimum atomic E-state index is 0. The van der Waals surface area contributed by atoms with Gasteiger partial charge in [-0.15, -0.1) is 24.0 Å². The van der Waals surface area contributed by atoms with Crippen LogP contribution in [0.1, 0.15) is 29.0 Å². The van der Waals surface area contributed by atoms with E-state index in [4.69, 9.17) is 0 Å². The summed E-state index contributed by atoms with van der Waals surface area (Å²) in [5, 5.41) is 8.31. The Labute approximate surface area is 177 Å². The van der Waals surface area contributed by atoms with Gasteiger partial charge in [0.1, 0.15) is 0 Å². The average molecular weight is 474 g/mol. The van der Waals surface area contributed by atoms with E-state index >= 15 is 0 Å². The fraction of sp³-hybridized carbons (Fsp3) is 0.318. The number of aromatic nitrogens is 1. The molecule has 27 heavy (non-hydrogen) atoms. The van der Waals surface area contributed by atoms with Gasteiger partial charge in [-0.1, -0.05) is 42.5 Å². The van der Waals surface area contributed by atoms with Crippen molar-refractivity contribution in [1.82, 2.24) is 15.6 Å². The lowest BCUT2D eigenvalue weighted by atomic mass is 10.1. The summed E-state index contributed by atoms with van der Waals surface area (Å²) < 4.78 is 0. The van der Waals surface area contributed by atoms with E-state index in [1.807, 2.05) is 7.05 Å². The predicted molar refractivity (Wildman–Crippen MR) is 124 cm³/mol. The molecule has 2 atom stereocenters. The van der Waals surface area contributed by atoms with Gasteiger partial charge in [0.15, 0.2) is 5.96 Å². The van der Waals surface area contributed by atoms with Crippen LogP contribution in [0.15, 0.2) is 59.7 Å². The van der Waals surface area contributed by atoms with Crippen molar-refractivity contribution in [3.8, 4) is 0 Å². The number of benzene rings is 2. The SMILES string of the molecule is CN=C(NCCc1c[nH]c2cc(C)ccc12)NC1CC1c1ccccc1.I. The highest BCUT2D eigenvalue weighted by atomic mass is 127. The molecule has 2 unspecified atom stereocenters. The highest BCUT2D eigenvalue weighted by molar-refractivity contribution is 14.0. The Kier molecular flexibility index (Phi) is 6.42. The minimum absolute atomic E-state index is 0. The molecular formula is C22H27IN4. The lowest BCUT2D eigenvalue weighted by Crippen LogP contribution is -2.39. The topological polar surface area (TPSA) is 52.2 Å². The molecule has 1 aliphatic carbocycles. The van der Waals surface area contributed by atoms with Gasteiger partial charge in [-0.25, -0.2) is 0 Å². The Morgan fingerprint density at radius 1 is 1.19 bits per heavy atom. The monoisotopic (exact) mass is 474 g/mol. The molecule has 1 aliphatic rings. The van der Waals surface area contributed by atoms with Gasteiger partial charge in [0.2, 0.25) is 0 Å². The number of nitrogens with one attached hydrogen (secondary N) is 3. The van der Waals surface area contributed by atoms with E-state index in [-0.39, 0.29) is 24.0 Å². The number of H-pyrrole nitrogens is 1. The molecule has 1 saturated carbocycles. The third-order valence-electron chi connectivity index (χ3n) is 5.17. The molecule has 0 aliphatic heterocycles. The molecule has 4 rings (SSSR count). The predicted octanol–water partition coefficient (Wildman–Crippen LogP) is 4.36. The second kappa shape index (κ2) is 8.78. The number of aliphatic imine (C=N–C) groups is 1. The zero-order chi connectivity index (χ0) is 17.9. The first-order valence-corrected chi connectivity index (χ1v) is 9.33. The quantitative estimate of drug-likeness (QED) is 0.293. The van der Waals surface area contributed by atoms with E-state index in [2.05, 4.69) is 82.3 Å². The molecule has 1 fully saturated rings. The molecule has 2 aromatic carbocycles. The largest absolute Gasteiger partial charge is 0.361 e. The number of guanidine groups is 1. The van der Waals surface area contributed by atoms with Gasteiger partial charge in [0.05, 0.1) is 0 Å². The lowest BCUT2D eigenvalue weighted by molar-refractivity contribution is 0.781. The number of nitrogens with zero attached hydrogens (tertiary/aromatic N) is 1. The third kappa shape index (κ3) is 4.64. The van der Waals surface area contributed by atoms with Crippen LogP contribution < -0.4 is 10.6 Å². The minimum Gasteiger partial charge on any atom is -0.361 e. The summed E-state index contributed by atoms with van der Waals surface area (Å²) in [5.41, 5.74) is 5.25. The number of halogens is 1. The van der Waals surface area contributed by atoms with E-state index in [1.165, 1.54) is 34.0 Å². The molecule has 3 N–H and O–H groups in total. The number of hydrogen-bond donors (Lipinski definition) is 3. The van der Waals surface area contributed by atoms with E-state index < -0.39 is 0 Å². The summed E-state index contributed by atoms with van der Waals surface area (Å²) in [4.78, 5) is 7.75. The first-order valence-electron chi connectivity index (χ1n) is 9.33. The highest BCUT2D eigenvalue weighted by Crippen LogP contribution is 2.40. The molecule has 1 aromatic heterocycles. The Balaban J connectivity index is 0.00000210. The normalized spacial score (nSPS) is 18.8. The number of fused-ring (bicyclic) bond motifs is 1. The first kappa shape index (κ1) is 19.7. The van der Waals surface area contributed by atoms with Crippen LogP contribution in [0.2, 0.25) is 0 Å². The Morgan fingerprint density at radius 3 is 2.78 bits per heavy atom. The van der Waals surface area contributed by atoms with Crippen LogP contribution in [0, 0.1) is 6.92 Å². The van der Waals surface area contributed by atoms with Crippen molar-refractivity contribution in [1.29, 1.82) is 0 Å². The van der Waals surface area contributed by atoms with Crippen molar-refractivity contribution < 1.29 is 0 Å². The average Bonchev–Trinajstić information content (AvgIpc) is 3.33. The zero-order valence-corrected chi connectivity index (χ0v) is 18.2. The molecule has 0 amide bonds. The van der Waals surface area contributed by atoms with Crippen LogP contribution >= 0.6 is 24.0 Å². The molecule has 1 heterocycles. The summed E-state index contributed by atoms with van der Waals surface area (Å²) in [6, 6.07) is 17.8. The van der Waals surface area contributed by atoms with Gasteiger partial charge in [0, 0.05) is 42.7 Å². The van der Waals surface area contributed by atoms with Gasteiger partial charge >= 0.3 is 0 Å². The molecular weight excluding hydrogens is 447 g/mol. The van der Waals surface area contributed by atoms with Crippen molar-refractivity contribution in [2.24, 2.45) is 4.99 Å². The van der Waals surface area contributed by atoms with Crippen LogP contribution in [0.3, 0.4) is 0 Å². The number of aryl methyl sites for hydroxylation is 1. The van der Waals surface area contributed by atoms with Gasteiger partial charge in [-0.05, 0) is 42.5 Å². The standard InChI is InChI=1S/C22H26N4.HI/c1-15-8-9-18-17(14-25-20(18)12-15)10-11-24-22(23-2)26-21-13-19(21)16-6-4-3-5-7-16;/h3-9,12,14,19,21,25H,10-11,13H2,1-2H3,(H2,23,24,26);1H. The maximum absolute atomic E-state index is 4.38. The van der Waals surface area contributed by atoms with Crippen LogP contribution in [0.25, 0.3) is 10.9 Å². The Hall–Kier alpha value is -2.02. The summed E-state index contributed by atoms with van der Waals surface area (Å²) in [5.74, 6) is 1.50. The maximum Gasteiger partial charge on any atom is 0.191 e. The van der Waals surface area contributed by atoms with Crippen LogP contribution in [-0.4, -0.2) is 30.6 Å². The van der Waals surface area contributed by atoms with Crippen molar-refractivity contribution in [3.05, 3.63) is 71.4 Å². The number of aromatic amines is 1. The Morgan fingerprint density at radius 2 is 2.00 bits per heavy atom. The van der Waals surface area contributed by atoms with Crippen LogP contribution in [0.5, 0.6) is 0 Å². The molecule has 5 heteroatoms. The lowest BCUT2D eigenvalue weighted by Gasteiger charge is -2.11. The Bertz CT molecular complexity index is 916. The van der Waals surface area contributed by atoms with Crippen molar-refractivity contribution in [3.63, 3.8) is 0 Å². The summed E-state index contributed by atoms with van der Waals surface area (Å²) >= 11 is 0. The van der Waals surface area contributed by atoms with Crippen molar-refractivity contribution >= 4 is 40.8 Å². The van der Waals surface area contributed by atoms with Crippen molar-refractivity contribution in [2.75, 3.05) is 13.6 Å². The molecule has 142 valence electrons.